The Hall–Kier alpha value is -2.33. The Kier molecular flexibility index (Phi) is 7.10. The van der Waals surface area contributed by atoms with Crippen LogP contribution in [0.1, 0.15) is 47.6 Å². The van der Waals surface area contributed by atoms with Gasteiger partial charge >= 0.3 is 0 Å². The number of likely N-dealkylation sites (tertiary alicyclic amines) is 1. The van der Waals surface area contributed by atoms with Gasteiger partial charge in [-0.25, -0.2) is 0 Å². The Bertz CT molecular complexity index is 759. The van der Waals surface area contributed by atoms with Crippen LogP contribution < -0.4 is 10.1 Å². The molecule has 28 heavy (non-hydrogen) atoms. The molecule has 0 aromatic heterocycles. The monoisotopic (exact) mass is 380 g/mol. The average Bonchev–Trinajstić information content (AvgIpc) is 2.70. The summed E-state index contributed by atoms with van der Waals surface area (Å²) in [5, 5.41) is 3.10. The van der Waals surface area contributed by atoms with Crippen LogP contribution in [0.5, 0.6) is 5.75 Å². The molecule has 0 spiro atoms. The zero-order valence-corrected chi connectivity index (χ0v) is 17.3. The molecule has 3 rings (SSSR count). The van der Waals surface area contributed by atoms with Gasteiger partial charge in [0, 0.05) is 6.54 Å². The Morgan fingerprint density at radius 1 is 1.00 bits per heavy atom. The number of carbonyl (C=O) groups excluding carboxylic acids is 1. The summed E-state index contributed by atoms with van der Waals surface area (Å²) in [7, 11) is 0. The lowest BCUT2D eigenvalue weighted by Crippen LogP contribution is -2.41. The lowest BCUT2D eigenvalue weighted by Gasteiger charge is -2.35. The standard InChI is InChI=1S/C24H32N2O2/c1-18-10-12-21(13-11-18)22(26-14-5-4-6-15-26)16-25-23(27)17-28-24-19(2)8-7-9-20(24)3/h7-13,22H,4-6,14-17H2,1-3H3,(H,25,27)/t22-/m1/s1. The van der Waals surface area contributed by atoms with Crippen molar-refractivity contribution in [3.05, 3.63) is 64.7 Å². The van der Waals surface area contributed by atoms with Gasteiger partial charge < -0.3 is 10.1 Å². The molecule has 2 aromatic carbocycles. The molecule has 0 unspecified atom stereocenters. The predicted molar refractivity (Wildman–Crippen MR) is 114 cm³/mol. The number of aryl methyl sites for hydroxylation is 3. The molecule has 1 amide bonds. The van der Waals surface area contributed by atoms with Crippen LogP contribution in [0.4, 0.5) is 0 Å². The number of benzene rings is 2. The molecule has 1 fully saturated rings. The van der Waals surface area contributed by atoms with Crippen LogP contribution in [0, 0.1) is 20.8 Å². The van der Waals surface area contributed by atoms with Crippen LogP contribution in [0.15, 0.2) is 42.5 Å². The summed E-state index contributed by atoms with van der Waals surface area (Å²) < 4.78 is 5.80. The highest BCUT2D eigenvalue weighted by Crippen LogP contribution is 2.25. The summed E-state index contributed by atoms with van der Waals surface area (Å²) in [6.45, 7) is 8.95. The maximum absolute atomic E-state index is 12.5. The number of para-hydroxylation sites is 1. The van der Waals surface area contributed by atoms with Gasteiger partial charge in [-0.15, -0.1) is 0 Å². The molecule has 2 aromatic rings. The van der Waals surface area contributed by atoms with Crippen molar-refractivity contribution in [2.45, 2.75) is 46.1 Å². The van der Waals surface area contributed by atoms with E-state index in [1.807, 2.05) is 32.0 Å². The number of carbonyl (C=O) groups is 1. The first-order valence-electron chi connectivity index (χ1n) is 10.3. The molecule has 1 atom stereocenters. The summed E-state index contributed by atoms with van der Waals surface area (Å²) in [5.74, 6) is 0.737. The van der Waals surface area contributed by atoms with Crippen molar-refractivity contribution in [3.63, 3.8) is 0 Å². The summed E-state index contributed by atoms with van der Waals surface area (Å²) >= 11 is 0. The van der Waals surface area contributed by atoms with E-state index in [9.17, 15) is 4.79 Å². The number of hydrogen-bond donors (Lipinski definition) is 1. The Labute approximate surface area is 168 Å². The highest BCUT2D eigenvalue weighted by atomic mass is 16.5. The van der Waals surface area contributed by atoms with Gasteiger partial charge in [-0.1, -0.05) is 54.4 Å². The fourth-order valence-electron chi connectivity index (χ4n) is 3.90. The van der Waals surface area contributed by atoms with Crippen molar-refractivity contribution >= 4 is 5.91 Å². The molecular weight excluding hydrogens is 348 g/mol. The number of piperidine rings is 1. The van der Waals surface area contributed by atoms with E-state index in [1.165, 1.54) is 30.4 Å². The second kappa shape index (κ2) is 9.74. The highest BCUT2D eigenvalue weighted by Gasteiger charge is 2.23. The van der Waals surface area contributed by atoms with E-state index >= 15 is 0 Å². The zero-order valence-electron chi connectivity index (χ0n) is 17.3. The maximum Gasteiger partial charge on any atom is 0.258 e. The molecule has 1 aliphatic rings. The van der Waals surface area contributed by atoms with Crippen molar-refractivity contribution in [2.75, 3.05) is 26.2 Å². The number of nitrogens with one attached hydrogen (secondary N) is 1. The van der Waals surface area contributed by atoms with Gasteiger partial charge in [0.25, 0.3) is 5.91 Å². The minimum atomic E-state index is -0.0724. The Morgan fingerprint density at radius 3 is 2.29 bits per heavy atom. The smallest absolute Gasteiger partial charge is 0.258 e. The second-order valence-electron chi connectivity index (χ2n) is 7.84. The highest BCUT2D eigenvalue weighted by molar-refractivity contribution is 5.77. The summed E-state index contributed by atoms with van der Waals surface area (Å²) in [6.07, 6.45) is 3.76. The van der Waals surface area contributed by atoms with Gasteiger partial charge in [0.05, 0.1) is 6.04 Å². The maximum atomic E-state index is 12.5. The van der Waals surface area contributed by atoms with Crippen molar-refractivity contribution in [1.29, 1.82) is 0 Å². The van der Waals surface area contributed by atoms with Crippen molar-refractivity contribution in [2.24, 2.45) is 0 Å². The number of hydrogen-bond acceptors (Lipinski definition) is 3. The normalized spacial score (nSPS) is 15.8. The van der Waals surface area contributed by atoms with Gasteiger partial charge in [0.2, 0.25) is 0 Å². The van der Waals surface area contributed by atoms with E-state index in [4.69, 9.17) is 4.74 Å². The lowest BCUT2D eigenvalue weighted by molar-refractivity contribution is -0.123. The van der Waals surface area contributed by atoms with Crippen LogP contribution >= 0.6 is 0 Å². The SMILES string of the molecule is Cc1ccc([C@@H](CNC(=O)COc2c(C)cccc2C)N2CCCCC2)cc1. The van der Waals surface area contributed by atoms with Crippen LogP contribution in [-0.2, 0) is 4.79 Å². The van der Waals surface area contributed by atoms with Crippen LogP contribution in [0.3, 0.4) is 0 Å². The molecule has 150 valence electrons. The molecule has 1 saturated heterocycles. The second-order valence-corrected chi connectivity index (χ2v) is 7.84. The molecule has 4 heteroatoms. The summed E-state index contributed by atoms with van der Waals surface area (Å²) in [6, 6.07) is 14.9. The van der Waals surface area contributed by atoms with Gasteiger partial charge in [-0.05, 0) is 63.4 Å². The third kappa shape index (κ3) is 5.35. The Morgan fingerprint density at radius 2 is 1.64 bits per heavy atom. The summed E-state index contributed by atoms with van der Waals surface area (Å²) in [5.41, 5.74) is 4.63. The Balaban J connectivity index is 1.60. The average molecular weight is 381 g/mol. The molecule has 1 aliphatic heterocycles. The first kappa shape index (κ1) is 20.4. The third-order valence-corrected chi connectivity index (χ3v) is 5.54. The fourth-order valence-corrected chi connectivity index (χ4v) is 3.90. The van der Waals surface area contributed by atoms with Crippen molar-refractivity contribution in [3.8, 4) is 5.75 Å². The minimum absolute atomic E-state index is 0.0479. The molecule has 0 radical (unpaired) electrons. The van der Waals surface area contributed by atoms with Gasteiger partial charge in [0.1, 0.15) is 5.75 Å². The van der Waals surface area contributed by atoms with E-state index < -0.39 is 0 Å². The fraction of sp³-hybridized carbons (Fsp3) is 0.458. The minimum Gasteiger partial charge on any atom is -0.483 e. The van der Waals surface area contributed by atoms with Gasteiger partial charge in [0.15, 0.2) is 6.61 Å². The molecular formula is C24H32N2O2. The van der Waals surface area contributed by atoms with E-state index in [1.54, 1.807) is 0 Å². The van der Waals surface area contributed by atoms with Crippen LogP contribution in [0.25, 0.3) is 0 Å². The topological polar surface area (TPSA) is 41.6 Å². The number of amides is 1. The quantitative estimate of drug-likeness (QED) is 0.777. The van der Waals surface area contributed by atoms with Gasteiger partial charge in [-0.2, -0.15) is 0 Å². The first-order valence-corrected chi connectivity index (χ1v) is 10.3. The molecule has 0 bridgehead atoms. The van der Waals surface area contributed by atoms with Crippen LogP contribution in [0.2, 0.25) is 0 Å². The number of ether oxygens (including phenoxy) is 1. The van der Waals surface area contributed by atoms with Gasteiger partial charge in [-0.3, -0.25) is 9.69 Å². The molecule has 1 heterocycles. The van der Waals surface area contributed by atoms with E-state index in [2.05, 4.69) is 41.4 Å². The van der Waals surface area contributed by atoms with Crippen molar-refractivity contribution < 1.29 is 9.53 Å². The van der Waals surface area contributed by atoms with E-state index in [0.29, 0.717) is 6.54 Å². The molecule has 4 nitrogen and oxygen atoms in total. The zero-order chi connectivity index (χ0) is 19.9. The summed E-state index contributed by atoms with van der Waals surface area (Å²) in [4.78, 5) is 15.0. The van der Waals surface area contributed by atoms with Crippen molar-refractivity contribution in [1.82, 2.24) is 10.2 Å². The first-order chi connectivity index (χ1) is 13.5. The van der Waals surface area contributed by atoms with E-state index in [-0.39, 0.29) is 18.6 Å². The third-order valence-electron chi connectivity index (χ3n) is 5.54. The molecule has 0 saturated carbocycles. The lowest BCUT2D eigenvalue weighted by atomic mass is 10.0. The van der Waals surface area contributed by atoms with Crippen LogP contribution in [-0.4, -0.2) is 37.0 Å². The molecule has 0 aliphatic carbocycles. The predicted octanol–water partition coefficient (Wildman–Crippen LogP) is 4.33. The largest absolute Gasteiger partial charge is 0.483 e. The number of rotatable bonds is 7. The van der Waals surface area contributed by atoms with E-state index in [0.717, 1.165) is 30.0 Å². The molecule has 1 N–H and O–H groups in total. The number of nitrogens with zero attached hydrogens (tertiary/aromatic N) is 1.